The van der Waals surface area contributed by atoms with Crippen molar-refractivity contribution in [1.82, 2.24) is 5.43 Å². The Bertz CT molecular complexity index is 1340. The summed E-state index contributed by atoms with van der Waals surface area (Å²) in [5, 5.41) is 25.3. The number of esters is 1. The molecule has 0 aliphatic carbocycles. The molecule has 180 valence electrons. The third kappa shape index (κ3) is 6.94. The number of amides is 1. The number of non-ortho nitro benzene ring substituents is 1. The van der Waals surface area contributed by atoms with Crippen molar-refractivity contribution in [1.29, 1.82) is 0 Å². The number of benzene rings is 2. The van der Waals surface area contributed by atoms with Gasteiger partial charge in [0.25, 0.3) is 11.6 Å². The molecule has 13 nitrogen and oxygen atoms in total. The first-order valence-electron chi connectivity index (χ1n) is 9.28. The molecule has 3 aromatic rings. The Hall–Kier alpha value is -4.11. The van der Waals surface area contributed by atoms with Gasteiger partial charge in [-0.1, -0.05) is 15.9 Å². The number of rotatable bonds is 9. The number of nitrogens with zero attached hydrogens (tertiary/aromatic N) is 3. The van der Waals surface area contributed by atoms with E-state index in [2.05, 4.69) is 42.4 Å². The molecule has 0 aliphatic heterocycles. The Morgan fingerprint density at radius 3 is 2.43 bits per heavy atom. The van der Waals surface area contributed by atoms with Crippen LogP contribution in [0.2, 0.25) is 0 Å². The van der Waals surface area contributed by atoms with E-state index in [-0.39, 0.29) is 28.5 Å². The Balaban J connectivity index is 1.61. The summed E-state index contributed by atoms with van der Waals surface area (Å²) in [5.41, 5.74) is 2.37. The van der Waals surface area contributed by atoms with E-state index in [1.165, 1.54) is 30.5 Å². The van der Waals surface area contributed by atoms with E-state index in [9.17, 15) is 29.8 Å². The van der Waals surface area contributed by atoms with Gasteiger partial charge in [0, 0.05) is 22.2 Å². The summed E-state index contributed by atoms with van der Waals surface area (Å²) in [7, 11) is 0. The number of carbonyl (C=O) groups excluding carboxylic acids is 2. The largest absolute Gasteiger partial charge is 0.483 e. The van der Waals surface area contributed by atoms with Gasteiger partial charge in [0.2, 0.25) is 5.76 Å². The van der Waals surface area contributed by atoms with Gasteiger partial charge in [-0.2, -0.15) is 5.10 Å². The zero-order valence-electron chi connectivity index (χ0n) is 17.2. The second-order valence-corrected chi connectivity index (χ2v) is 8.19. The maximum Gasteiger partial charge on any atom is 0.433 e. The fourth-order valence-electron chi connectivity index (χ4n) is 2.47. The van der Waals surface area contributed by atoms with Gasteiger partial charge in [0.1, 0.15) is 16.4 Å². The molecule has 0 aliphatic rings. The molecule has 0 radical (unpaired) electrons. The fourth-order valence-corrected chi connectivity index (χ4v) is 3.33. The maximum atomic E-state index is 12.3. The lowest BCUT2D eigenvalue weighted by molar-refractivity contribution is -0.402. The molecule has 0 saturated heterocycles. The molecule has 0 atom stereocenters. The smallest absolute Gasteiger partial charge is 0.433 e. The normalized spacial score (nSPS) is 10.7. The minimum Gasteiger partial charge on any atom is -0.483 e. The Morgan fingerprint density at radius 1 is 1.03 bits per heavy atom. The van der Waals surface area contributed by atoms with Crippen molar-refractivity contribution in [3.63, 3.8) is 0 Å². The highest BCUT2D eigenvalue weighted by atomic mass is 79.9. The molecule has 1 amide bonds. The Kier molecular flexibility index (Phi) is 8.27. The highest BCUT2D eigenvalue weighted by molar-refractivity contribution is 9.10. The molecule has 0 saturated carbocycles. The van der Waals surface area contributed by atoms with E-state index in [1.807, 2.05) is 0 Å². The summed E-state index contributed by atoms with van der Waals surface area (Å²) in [4.78, 5) is 44.4. The quantitative estimate of drug-likeness (QED) is 0.121. The van der Waals surface area contributed by atoms with Crippen molar-refractivity contribution < 1.29 is 33.3 Å². The molecule has 3 rings (SSSR count). The highest BCUT2D eigenvalue weighted by Gasteiger charge is 2.20. The molecule has 1 N–H and O–H groups in total. The number of nitro benzene ring substituents is 1. The SMILES string of the molecule is O=C(COc1ccc([N+](=O)[O-])cc1Br)N/N=C\c1cc(Br)ccc1OC(=O)c1ccc([N+](=O)[O-])o1. The van der Waals surface area contributed by atoms with Crippen molar-refractivity contribution in [2.24, 2.45) is 5.10 Å². The number of hydrogen-bond donors (Lipinski definition) is 1. The van der Waals surface area contributed by atoms with Crippen molar-refractivity contribution in [3.8, 4) is 11.5 Å². The third-order valence-corrected chi connectivity index (χ3v) is 5.14. The van der Waals surface area contributed by atoms with Gasteiger partial charge < -0.3 is 13.9 Å². The van der Waals surface area contributed by atoms with Crippen LogP contribution in [0.4, 0.5) is 11.6 Å². The number of carbonyl (C=O) groups is 2. The molecule has 0 spiro atoms. The van der Waals surface area contributed by atoms with Crippen molar-refractivity contribution in [2.75, 3.05) is 6.61 Å². The first kappa shape index (κ1) is 25.5. The van der Waals surface area contributed by atoms with Crippen LogP contribution in [0.5, 0.6) is 11.5 Å². The molecule has 0 unspecified atom stereocenters. The lowest BCUT2D eigenvalue weighted by Gasteiger charge is -2.08. The van der Waals surface area contributed by atoms with E-state index in [0.717, 1.165) is 12.1 Å². The first-order chi connectivity index (χ1) is 16.6. The molecular weight excluding hydrogens is 600 g/mol. The molecular formula is C20H12Br2N4O9. The topological polar surface area (TPSA) is 176 Å². The van der Waals surface area contributed by atoms with Crippen LogP contribution in [-0.4, -0.2) is 34.5 Å². The number of ether oxygens (including phenoxy) is 2. The second-order valence-electron chi connectivity index (χ2n) is 6.42. The van der Waals surface area contributed by atoms with Crippen molar-refractivity contribution in [3.05, 3.63) is 89.0 Å². The van der Waals surface area contributed by atoms with Crippen LogP contribution in [-0.2, 0) is 4.79 Å². The van der Waals surface area contributed by atoms with Crippen molar-refractivity contribution in [2.45, 2.75) is 0 Å². The van der Waals surface area contributed by atoms with E-state index in [4.69, 9.17) is 13.9 Å². The van der Waals surface area contributed by atoms with Crippen LogP contribution < -0.4 is 14.9 Å². The average Bonchev–Trinajstić information content (AvgIpc) is 3.31. The van der Waals surface area contributed by atoms with Crippen LogP contribution >= 0.6 is 31.9 Å². The summed E-state index contributed by atoms with van der Waals surface area (Å²) >= 11 is 6.40. The number of hydrogen-bond acceptors (Lipinski definition) is 10. The monoisotopic (exact) mass is 610 g/mol. The summed E-state index contributed by atoms with van der Waals surface area (Å²) in [6, 6.07) is 10.5. The average molecular weight is 612 g/mol. The number of halogens is 2. The summed E-state index contributed by atoms with van der Waals surface area (Å²) in [6.45, 7) is -0.439. The summed E-state index contributed by atoms with van der Waals surface area (Å²) in [6.07, 6.45) is 1.21. The van der Waals surface area contributed by atoms with Gasteiger partial charge in [-0.25, -0.2) is 10.2 Å². The Morgan fingerprint density at radius 2 is 1.77 bits per heavy atom. The zero-order valence-corrected chi connectivity index (χ0v) is 20.3. The second kappa shape index (κ2) is 11.3. The minimum absolute atomic E-state index is 0.0429. The fraction of sp³-hybridized carbons (Fsp3) is 0.0500. The minimum atomic E-state index is -0.971. The molecule has 0 fully saturated rings. The van der Waals surface area contributed by atoms with Gasteiger partial charge >= 0.3 is 11.9 Å². The highest BCUT2D eigenvalue weighted by Crippen LogP contribution is 2.29. The zero-order chi connectivity index (χ0) is 25.5. The lowest BCUT2D eigenvalue weighted by atomic mass is 10.2. The molecule has 1 heterocycles. The first-order valence-corrected chi connectivity index (χ1v) is 10.9. The predicted octanol–water partition coefficient (Wildman–Crippen LogP) is 4.37. The van der Waals surface area contributed by atoms with Gasteiger partial charge in [-0.15, -0.1) is 0 Å². The van der Waals surface area contributed by atoms with Crippen LogP contribution in [0.15, 0.2) is 67.0 Å². The van der Waals surface area contributed by atoms with Gasteiger partial charge in [0.05, 0.1) is 21.7 Å². The van der Waals surface area contributed by atoms with Crippen molar-refractivity contribution >= 4 is 61.5 Å². The van der Waals surface area contributed by atoms with Crippen LogP contribution in [0, 0.1) is 20.2 Å². The van der Waals surface area contributed by atoms with E-state index < -0.39 is 34.2 Å². The maximum absolute atomic E-state index is 12.3. The van der Waals surface area contributed by atoms with Crippen LogP contribution in [0.3, 0.4) is 0 Å². The lowest BCUT2D eigenvalue weighted by Crippen LogP contribution is -2.24. The number of hydrazone groups is 1. The van der Waals surface area contributed by atoms with Crippen LogP contribution in [0.25, 0.3) is 0 Å². The van der Waals surface area contributed by atoms with E-state index in [1.54, 1.807) is 12.1 Å². The third-order valence-electron chi connectivity index (χ3n) is 4.03. The number of furan rings is 1. The van der Waals surface area contributed by atoms with E-state index in [0.29, 0.717) is 8.95 Å². The van der Waals surface area contributed by atoms with Gasteiger partial charge in [-0.3, -0.25) is 25.0 Å². The summed E-state index contributed by atoms with van der Waals surface area (Å²) in [5.74, 6) is -2.33. The number of nitro groups is 2. The van der Waals surface area contributed by atoms with Crippen LogP contribution in [0.1, 0.15) is 16.1 Å². The Labute approximate surface area is 212 Å². The molecule has 35 heavy (non-hydrogen) atoms. The van der Waals surface area contributed by atoms with Gasteiger partial charge in [0.15, 0.2) is 6.61 Å². The van der Waals surface area contributed by atoms with E-state index >= 15 is 0 Å². The molecule has 2 aromatic carbocycles. The molecule has 0 bridgehead atoms. The van der Waals surface area contributed by atoms with Gasteiger partial charge in [-0.05, 0) is 46.3 Å². The molecule has 1 aromatic heterocycles. The molecule has 15 heteroatoms. The predicted molar refractivity (Wildman–Crippen MR) is 126 cm³/mol. The number of nitrogens with one attached hydrogen (secondary N) is 1. The standard InChI is InChI=1S/C20H12Br2N4O9/c21-12-1-3-15(35-20(28)17-5-6-19(34-17)26(31)32)11(7-12)9-23-24-18(27)10-33-16-4-2-13(25(29)30)8-14(16)22/h1-9H,10H2,(H,24,27)/b23-9-. The summed E-state index contributed by atoms with van der Waals surface area (Å²) < 4.78 is 16.3.